The van der Waals surface area contributed by atoms with E-state index in [0.29, 0.717) is 35.3 Å². The van der Waals surface area contributed by atoms with Crippen LogP contribution in [-0.2, 0) is 14.3 Å². The maximum Gasteiger partial charge on any atom is 0.303 e. The molecule has 2 heterocycles. The number of hydrogen-bond donors (Lipinski definition) is 1. The van der Waals surface area contributed by atoms with Crippen molar-refractivity contribution >= 4 is 5.97 Å². The van der Waals surface area contributed by atoms with Crippen molar-refractivity contribution in [3.05, 3.63) is 29.5 Å². The van der Waals surface area contributed by atoms with Gasteiger partial charge in [-0.15, -0.1) is 0 Å². The molecule has 0 amide bonds. The first kappa shape index (κ1) is 23.4. The summed E-state index contributed by atoms with van der Waals surface area (Å²) in [6, 6.07) is 1.51. The highest BCUT2D eigenvalue weighted by Gasteiger charge is 2.58. The van der Waals surface area contributed by atoms with Gasteiger partial charge in [-0.25, -0.2) is 0 Å². The minimum absolute atomic E-state index is 0.0695. The molecule has 1 aliphatic heterocycles. The molecule has 1 aromatic heterocycles. The fourth-order valence-corrected chi connectivity index (χ4v) is 7.47. The predicted molar refractivity (Wildman–Crippen MR) is 123 cm³/mol. The first-order chi connectivity index (χ1) is 15.0. The molecular weight excluding hydrogens is 404 g/mol. The maximum atomic E-state index is 11.6. The van der Waals surface area contributed by atoms with Crippen LogP contribution in [0.4, 0.5) is 0 Å². The lowest BCUT2D eigenvalue weighted by Gasteiger charge is -2.62. The Bertz CT molecular complexity index is 867. The van der Waals surface area contributed by atoms with E-state index in [1.165, 1.54) is 50.5 Å². The van der Waals surface area contributed by atoms with Crippen molar-refractivity contribution < 1.29 is 23.8 Å². The SMILES string of the molecule is CC(=O)O[C@H](C/C=C1/CC[C@@H]2[C@@]3(C)CCCC(C)(C)[C@@H]3CC[C@@]2(C)OC1)c1coc(O)c1. The molecule has 4 rings (SSSR count). The molecule has 2 aliphatic carbocycles. The van der Waals surface area contributed by atoms with Gasteiger partial charge in [-0.1, -0.05) is 33.3 Å². The molecule has 5 atom stereocenters. The van der Waals surface area contributed by atoms with Gasteiger partial charge in [-0.3, -0.25) is 4.79 Å². The van der Waals surface area contributed by atoms with Crippen LogP contribution in [0.5, 0.6) is 5.95 Å². The standard InChI is InChI=1S/C27H40O5/c1-18(28)32-21(20-15-24(29)30-17-20)9-7-19-8-10-23-26(4)13-6-12-25(2,3)22(26)11-14-27(23,5)31-16-19/h7,15,17,21-23,29H,6,8-14,16H2,1-5H3/b19-7-/t21-,22+,23-,26+,27-/m1/s1. The lowest BCUT2D eigenvalue weighted by Crippen LogP contribution is -2.57. The minimum atomic E-state index is -0.466. The van der Waals surface area contributed by atoms with E-state index in [4.69, 9.17) is 13.9 Å². The summed E-state index contributed by atoms with van der Waals surface area (Å²) in [6.45, 7) is 11.9. The Hall–Kier alpha value is -1.75. The van der Waals surface area contributed by atoms with Gasteiger partial charge in [0.2, 0.25) is 0 Å². The fraction of sp³-hybridized carbons (Fsp3) is 0.741. The van der Waals surface area contributed by atoms with Crippen molar-refractivity contribution in [2.75, 3.05) is 6.61 Å². The van der Waals surface area contributed by atoms with Crippen LogP contribution in [0.1, 0.15) is 97.7 Å². The number of carbonyl (C=O) groups excluding carboxylic acids is 1. The summed E-state index contributed by atoms with van der Waals surface area (Å²) in [5.41, 5.74) is 2.62. The first-order valence-electron chi connectivity index (χ1n) is 12.3. The van der Waals surface area contributed by atoms with Crippen molar-refractivity contribution in [1.29, 1.82) is 0 Å². The number of rotatable bonds is 4. The number of aromatic hydroxyl groups is 1. The Morgan fingerprint density at radius 3 is 2.69 bits per heavy atom. The Labute approximate surface area is 192 Å². The largest absolute Gasteiger partial charge is 0.481 e. The molecule has 3 aliphatic rings. The van der Waals surface area contributed by atoms with Crippen LogP contribution in [0, 0.1) is 22.7 Å². The fourth-order valence-electron chi connectivity index (χ4n) is 7.47. The Morgan fingerprint density at radius 2 is 2.00 bits per heavy atom. The molecular formula is C27H40O5. The summed E-state index contributed by atoms with van der Waals surface area (Å²) in [5.74, 6) is 0.814. The van der Waals surface area contributed by atoms with Crippen LogP contribution < -0.4 is 0 Å². The molecule has 32 heavy (non-hydrogen) atoms. The lowest BCUT2D eigenvalue weighted by molar-refractivity contribution is -0.183. The normalized spacial score (nSPS) is 36.6. The third-order valence-electron chi connectivity index (χ3n) is 8.99. The number of esters is 1. The van der Waals surface area contributed by atoms with Gasteiger partial charge in [-0.2, -0.15) is 0 Å². The second-order valence-electron chi connectivity index (χ2n) is 11.5. The van der Waals surface area contributed by atoms with Crippen LogP contribution in [0.25, 0.3) is 0 Å². The average Bonchev–Trinajstić information content (AvgIpc) is 3.04. The van der Waals surface area contributed by atoms with Crippen LogP contribution >= 0.6 is 0 Å². The van der Waals surface area contributed by atoms with Crippen LogP contribution in [0.3, 0.4) is 0 Å². The molecule has 0 unspecified atom stereocenters. The lowest BCUT2D eigenvalue weighted by atomic mass is 9.45. The Kier molecular flexibility index (Phi) is 6.26. The molecule has 0 radical (unpaired) electrons. The summed E-state index contributed by atoms with van der Waals surface area (Å²) in [5, 5.41) is 9.55. The Balaban J connectivity index is 1.51. The molecule has 5 heteroatoms. The highest BCUT2D eigenvalue weighted by Crippen LogP contribution is 2.64. The van der Waals surface area contributed by atoms with E-state index >= 15 is 0 Å². The molecule has 1 saturated heterocycles. The highest BCUT2D eigenvalue weighted by molar-refractivity contribution is 5.66. The molecule has 0 aromatic carbocycles. The number of ether oxygens (including phenoxy) is 2. The maximum absolute atomic E-state index is 11.6. The van der Waals surface area contributed by atoms with E-state index < -0.39 is 6.10 Å². The van der Waals surface area contributed by atoms with Crippen molar-refractivity contribution in [1.82, 2.24) is 0 Å². The molecule has 5 nitrogen and oxygen atoms in total. The summed E-state index contributed by atoms with van der Waals surface area (Å²) in [4.78, 5) is 11.6. The summed E-state index contributed by atoms with van der Waals surface area (Å²) in [7, 11) is 0. The Morgan fingerprint density at radius 1 is 1.22 bits per heavy atom. The van der Waals surface area contributed by atoms with E-state index in [1.54, 1.807) is 0 Å². The molecule has 178 valence electrons. The van der Waals surface area contributed by atoms with Gasteiger partial charge in [0.05, 0.1) is 12.2 Å². The van der Waals surface area contributed by atoms with Crippen LogP contribution in [-0.4, -0.2) is 23.3 Å². The van der Waals surface area contributed by atoms with E-state index in [-0.39, 0.29) is 17.5 Å². The third kappa shape index (κ3) is 4.37. The molecule has 0 spiro atoms. The second kappa shape index (κ2) is 8.55. The second-order valence-corrected chi connectivity index (χ2v) is 11.5. The predicted octanol–water partition coefficient (Wildman–Crippen LogP) is 6.72. The number of furan rings is 1. The zero-order valence-corrected chi connectivity index (χ0v) is 20.4. The quantitative estimate of drug-likeness (QED) is 0.412. The minimum Gasteiger partial charge on any atom is -0.481 e. The molecule has 2 saturated carbocycles. The smallest absolute Gasteiger partial charge is 0.303 e. The number of hydrogen-bond acceptors (Lipinski definition) is 5. The number of carbonyl (C=O) groups is 1. The van der Waals surface area contributed by atoms with Crippen molar-refractivity contribution in [2.24, 2.45) is 22.7 Å². The van der Waals surface area contributed by atoms with Gasteiger partial charge in [0.15, 0.2) is 0 Å². The van der Waals surface area contributed by atoms with Crippen molar-refractivity contribution in [3.63, 3.8) is 0 Å². The summed E-state index contributed by atoms with van der Waals surface area (Å²) >= 11 is 0. The molecule has 3 fully saturated rings. The van der Waals surface area contributed by atoms with Gasteiger partial charge in [-0.05, 0) is 73.7 Å². The zero-order valence-electron chi connectivity index (χ0n) is 20.4. The van der Waals surface area contributed by atoms with Gasteiger partial charge in [0.1, 0.15) is 12.4 Å². The van der Waals surface area contributed by atoms with Crippen molar-refractivity contribution in [2.45, 2.75) is 97.7 Å². The molecule has 1 aromatic rings. The summed E-state index contributed by atoms with van der Waals surface area (Å²) in [6.07, 6.45) is 12.2. The van der Waals surface area contributed by atoms with Gasteiger partial charge in [0, 0.05) is 25.0 Å². The van der Waals surface area contributed by atoms with E-state index in [2.05, 4.69) is 33.8 Å². The average molecular weight is 445 g/mol. The van der Waals surface area contributed by atoms with E-state index in [0.717, 1.165) is 25.2 Å². The van der Waals surface area contributed by atoms with Gasteiger partial charge in [0.25, 0.3) is 5.95 Å². The zero-order chi connectivity index (χ0) is 23.1. The van der Waals surface area contributed by atoms with Crippen LogP contribution in [0.2, 0.25) is 0 Å². The molecule has 1 N–H and O–H groups in total. The van der Waals surface area contributed by atoms with E-state index in [1.807, 2.05) is 0 Å². The van der Waals surface area contributed by atoms with Crippen molar-refractivity contribution in [3.8, 4) is 5.95 Å². The van der Waals surface area contributed by atoms with Crippen LogP contribution in [0.15, 0.2) is 28.4 Å². The molecule has 0 bridgehead atoms. The number of fused-ring (bicyclic) bond motifs is 3. The first-order valence-corrected chi connectivity index (χ1v) is 12.3. The van der Waals surface area contributed by atoms with Gasteiger partial charge >= 0.3 is 5.97 Å². The topological polar surface area (TPSA) is 68.9 Å². The monoisotopic (exact) mass is 444 g/mol. The van der Waals surface area contributed by atoms with Gasteiger partial charge < -0.3 is 19.0 Å². The highest BCUT2D eigenvalue weighted by atomic mass is 16.5. The third-order valence-corrected chi connectivity index (χ3v) is 8.99. The summed E-state index contributed by atoms with van der Waals surface area (Å²) < 4.78 is 17.2. The van der Waals surface area contributed by atoms with E-state index in [9.17, 15) is 9.90 Å².